The minimum Gasteiger partial charge on any atom is -0.487 e. The first-order valence-corrected chi connectivity index (χ1v) is 8.63. The second kappa shape index (κ2) is 7.99. The van der Waals surface area contributed by atoms with Gasteiger partial charge in [-0.3, -0.25) is 4.79 Å². The highest BCUT2D eigenvalue weighted by atomic mass is 19.3. The van der Waals surface area contributed by atoms with Crippen LogP contribution in [-0.2, 0) is 9.53 Å². The van der Waals surface area contributed by atoms with Crippen LogP contribution in [0.25, 0.3) is 0 Å². The van der Waals surface area contributed by atoms with E-state index in [2.05, 4.69) is 10.1 Å². The van der Waals surface area contributed by atoms with Crippen molar-refractivity contribution in [3.8, 4) is 11.5 Å². The lowest BCUT2D eigenvalue weighted by Gasteiger charge is -2.19. The maximum atomic E-state index is 12.7. The minimum absolute atomic E-state index is 0.0415. The molecule has 1 heterocycles. The van der Waals surface area contributed by atoms with Gasteiger partial charge in [0.05, 0.1) is 13.2 Å². The van der Waals surface area contributed by atoms with Crippen LogP contribution in [0.1, 0.15) is 43.6 Å². The van der Waals surface area contributed by atoms with Crippen molar-refractivity contribution in [3.05, 3.63) is 23.8 Å². The Hall–Kier alpha value is -1.89. The van der Waals surface area contributed by atoms with Gasteiger partial charge in [0.25, 0.3) is 0 Å². The van der Waals surface area contributed by atoms with Crippen LogP contribution in [0.15, 0.2) is 18.2 Å². The summed E-state index contributed by atoms with van der Waals surface area (Å²) in [6.45, 7) is -2.27. The fraction of sp³-hybridized carbons (Fsp3) is 0.611. The van der Waals surface area contributed by atoms with Crippen molar-refractivity contribution in [2.45, 2.75) is 56.8 Å². The number of esters is 1. The van der Waals surface area contributed by atoms with Crippen molar-refractivity contribution in [2.75, 3.05) is 13.7 Å². The summed E-state index contributed by atoms with van der Waals surface area (Å²) in [5, 5.41) is 3.13. The highest BCUT2D eigenvalue weighted by molar-refractivity contribution is 5.76. The Balaban J connectivity index is 1.77. The third-order valence-electron chi connectivity index (χ3n) is 4.87. The molecule has 1 saturated heterocycles. The largest absolute Gasteiger partial charge is 0.487 e. The Bertz CT molecular complexity index is 605. The van der Waals surface area contributed by atoms with Gasteiger partial charge in [-0.2, -0.15) is 8.78 Å². The molecule has 0 spiro atoms. The normalized spacial score (nSPS) is 23.8. The molecule has 1 aliphatic heterocycles. The Morgan fingerprint density at radius 1 is 1.24 bits per heavy atom. The molecule has 0 radical (unpaired) electrons. The zero-order valence-electron chi connectivity index (χ0n) is 14.2. The summed E-state index contributed by atoms with van der Waals surface area (Å²) >= 11 is 0. The van der Waals surface area contributed by atoms with Crippen molar-refractivity contribution >= 4 is 5.97 Å². The van der Waals surface area contributed by atoms with Gasteiger partial charge in [0.1, 0.15) is 6.04 Å². The highest BCUT2D eigenvalue weighted by Gasteiger charge is 2.31. The standard InChI is InChI=1S/C18H23F2NO4/c1-23-17(22)14-8-12(10-21-14)11-6-7-15(25-18(19)20)16(9-11)24-13-4-2-3-5-13/h6-7,9,12-14,18,21H,2-5,8,10H2,1H3/t12?,14-/m1/s1. The van der Waals surface area contributed by atoms with Crippen molar-refractivity contribution in [3.63, 3.8) is 0 Å². The van der Waals surface area contributed by atoms with Crippen LogP contribution < -0.4 is 14.8 Å². The summed E-state index contributed by atoms with van der Waals surface area (Å²) in [6, 6.07) is 4.70. The lowest BCUT2D eigenvalue weighted by atomic mass is 9.96. The van der Waals surface area contributed by atoms with Gasteiger partial charge in [-0.05, 0) is 55.7 Å². The monoisotopic (exact) mass is 355 g/mol. The van der Waals surface area contributed by atoms with Gasteiger partial charge in [-0.15, -0.1) is 0 Å². The Kier molecular flexibility index (Phi) is 5.73. The number of alkyl halides is 2. The molecule has 7 heteroatoms. The molecule has 138 valence electrons. The number of halogens is 2. The minimum atomic E-state index is -2.89. The van der Waals surface area contributed by atoms with Crippen molar-refractivity contribution in [1.29, 1.82) is 0 Å². The number of hydrogen-bond donors (Lipinski definition) is 1. The average molecular weight is 355 g/mol. The predicted octanol–water partition coefficient (Wildman–Crippen LogP) is 3.23. The zero-order chi connectivity index (χ0) is 17.8. The van der Waals surface area contributed by atoms with E-state index in [0.717, 1.165) is 31.2 Å². The van der Waals surface area contributed by atoms with Gasteiger partial charge < -0.3 is 19.5 Å². The van der Waals surface area contributed by atoms with E-state index in [1.165, 1.54) is 13.2 Å². The van der Waals surface area contributed by atoms with Gasteiger partial charge in [0, 0.05) is 6.54 Å². The fourth-order valence-corrected chi connectivity index (χ4v) is 3.56. The number of hydrogen-bond acceptors (Lipinski definition) is 5. The molecular formula is C18H23F2NO4. The van der Waals surface area contributed by atoms with Crippen molar-refractivity contribution in [2.24, 2.45) is 0 Å². The Morgan fingerprint density at radius 3 is 2.68 bits per heavy atom. The lowest BCUT2D eigenvalue weighted by molar-refractivity contribution is -0.142. The lowest BCUT2D eigenvalue weighted by Crippen LogP contribution is -2.31. The number of ether oxygens (including phenoxy) is 3. The Morgan fingerprint density at radius 2 is 2.00 bits per heavy atom. The van der Waals surface area contributed by atoms with Crippen LogP contribution in [0.4, 0.5) is 8.78 Å². The van der Waals surface area contributed by atoms with E-state index < -0.39 is 6.61 Å². The molecule has 0 bridgehead atoms. The molecule has 1 N–H and O–H groups in total. The molecule has 5 nitrogen and oxygen atoms in total. The zero-order valence-corrected chi connectivity index (χ0v) is 14.2. The van der Waals surface area contributed by atoms with Crippen LogP contribution in [0.2, 0.25) is 0 Å². The first-order valence-electron chi connectivity index (χ1n) is 8.63. The molecule has 1 unspecified atom stereocenters. The predicted molar refractivity (Wildman–Crippen MR) is 87.1 cm³/mol. The summed E-state index contributed by atoms with van der Waals surface area (Å²) in [5.74, 6) is 0.213. The third kappa shape index (κ3) is 4.39. The molecule has 2 atom stereocenters. The molecule has 1 aliphatic carbocycles. The summed E-state index contributed by atoms with van der Waals surface area (Å²) < 4.78 is 40.6. The van der Waals surface area contributed by atoms with Gasteiger partial charge in [0.2, 0.25) is 0 Å². The van der Waals surface area contributed by atoms with Crippen LogP contribution in [0, 0.1) is 0 Å². The summed E-state index contributed by atoms with van der Waals surface area (Å²) in [5.41, 5.74) is 0.938. The van der Waals surface area contributed by atoms with Crippen LogP contribution >= 0.6 is 0 Å². The molecule has 3 rings (SSSR count). The topological polar surface area (TPSA) is 56.8 Å². The smallest absolute Gasteiger partial charge is 0.387 e. The maximum absolute atomic E-state index is 12.7. The van der Waals surface area contributed by atoms with Gasteiger partial charge in [-0.25, -0.2) is 0 Å². The van der Waals surface area contributed by atoms with Crippen LogP contribution in [-0.4, -0.2) is 38.4 Å². The molecule has 0 aromatic heterocycles. The molecule has 1 aromatic carbocycles. The average Bonchev–Trinajstić information content (AvgIpc) is 3.27. The van der Waals surface area contributed by atoms with E-state index in [0.29, 0.717) is 18.7 Å². The molecular weight excluding hydrogens is 332 g/mol. The van der Waals surface area contributed by atoms with E-state index in [1.54, 1.807) is 12.1 Å². The van der Waals surface area contributed by atoms with Crippen LogP contribution in [0.3, 0.4) is 0 Å². The van der Waals surface area contributed by atoms with E-state index >= 15 is 0 Å². The van der Waals surface area contributed by atoms with E-state index in [4.69, 9.17) is 9.47 Å². The molecule has 0 amide bonds. The number of nitrogens with one attached hydrogen (secondary N) is 1. The third-order valence-corrected chi connectivity index (χ3v) is 4.87. The second-order valence-corrected chi connectivity index (χ2v) is 6.53. The van der Waals surface area contributed by atoms with Crippen molar-refractivity contribution in [1.82, 2.24) is 5.32 Å². The van der Waals surface area contributed by atoms with Gasteiger partial charge >= 0.3 is 12.6 Å². The summed E-state index contributed by atoms with van der Waals surface area (Å²) in [4.78, 5) is 11.7. The molecule has 2 aliphatic rings. The quantitative estimate of drug-likeness (QED) is 0.794. The molecule has 2 fully saturated rings. The van der Waals surface area contributed by atoms with Gasteiger partial charge in [-0.1, -0.05) is 6.07 Å². The van der Waals surface area contributed by atoms with E-state index in [-0.39, 0.29) is 29.8 Å². The van der Waals surface area contributed by atoms with Crippen molar-refractivity contribution < 1.29 is 27.8 Å². The molecule has 1 saturated carbocycles. The Labute approximate surface area is 145 Å². The SMILES string of the molecule is COC(=O)[C@H]1CC(c2ccc(OC(F)F)c(OC3CCCC3)c2)CN1. The second-order valence-electron chi connectivity index (χ2n) is 6.53. The summed E-state index contributed by atoms with van der Waals surface area (Å²) in [6.07, 6.45) is 4.66. The summed E-state index contributed by atoms with van der Waals surface area (Å²) in [7, 11) is 1.36. The fourth-order valence-electron chi connectivity index (χ4n) is 3.56. The molecule has 1 aromatic rings. The van der Waals surface area contributed by atoms with Gasteiger partial charge in [0.15, 0.2) is 11.5 Å². The number of carbonyl (C=O) groups is 1. The van der Waals surface area contributed by atoms with E-state index in [9.17, 15) is 13.6 Å². The highest BCUT2D eigenvalue weighted by Crippen LogP contribution is 2.37. The van der Waals surface area contributed by atoms with E-state index in [1.807, 2.05) is 0 Å². The number of carbonyl (C=O) groups excluding carboxylic acids is 1. The molecule has 25 heavy (non-hydrogen) atoms. The first-order chi connectivity index (χ1) is 12.1. The number of rotatable bonds is 6. The number of benzene rings is 1. The number of methoxy groups -OCH3 is 1. The first kappa shape index (κ1) is 17.9. The van der Waals surface area contributed by atoms with Crippen LogP contribution in [0.5, 0.6) is 11.5 Å². The maximum Gasteiger partial charge on any atom is 0.387 e.